The van der Waals surface area contributed by atoms with Gasteiger partial charge in [0.25, 0.3) is 0 Å². The number of unbranched alkanes of at least 4 members (excludes halogenated alkanes) is 3. The fourth-order valence-electron chi connectivity index (χ4n) is 2.42. The molecule has 1 N–H and O–H groups in total. The molecule has 0 heterocycles. The zero-order valence-electron chi connectivity index (χ0n) is 12.9. The molecule has 0 atom stereocenters. The van der Waals surface area contributed by atoms with E-state index in [1.54, 1.807) is 0 Å². The highest BCUT2D eigenvalue weighted by atomic mass is 28.3. The molecule has 0 fully saturated rings. The van der Waals surface area contributed by atoms with Gasteiger partial charge in [-0.15, -0.1) is 0 Å². The molecule has 0 aliphatic heterocycles. The van der Waals surface area contributed by atoms with Crippen LogP contribution in [0.5, 0.6) is 0 Å². The first-order valence-electron chi connectivity index (χ1n) is 7.70. The van der Waals surface area contributed by atoms with E-state index in [0.29, 0.717) is 0 Å². The molecule has 120 valence electrons. The molecule has 0 rings (SSSR count). The lowest BCUT2D eigenvalue weighted by Crippen LogP contribution is -2.56. The van der Waals surface area contributed by atoms with E-state index in [1.165, 1.54) is 0 Å². The van der Waals surface area contributed by atoms with Crippen molar-refractivity contribution in [3.63, 3.8) is 0 Å². The highest BCUT2D eigenvalue weighted by molar-refractivity contribution is 6.79. The molecule has 6 heteroatoms. The molecule has 0 aliphatic carbocycles. The van der Waals surface area contributed by atoms with Crippen LogP contribution >= 0.6 is 0 Å². The maximum absolute atomic E-state index is 12.6. The summed E-state index contributed by atoms with van der Waals surface area (Å²) in [5.41, 5.74) is 0. The van der Waals surface area contributed by atoms with Crippen molar-refractivity contribution in [2.45, 2.75) is 83.6 Å². The summed E-state index contributed by atoms with van der Waals surface area (Å²) in [7, 11) is -2.35. The van der Waals surface area contributed by atoms with Crippen LogP contribution in [0.2, 0.25) is 18.1 Å². The monoisotopic (exact) mass is 311 g/mol. The molecule has 0 aromatic rings. The van der Waals surface area contributed by atoms with Gasteiger partial charge in [-0.05, 0) is 18.1 Å². The lowest BCUT2D eigenvalue weighted by molar-refractivity contribution is -0.171. The minimum atomic E-state index is -4.76. The molecule has 0 radical (unpaired) electrons. The maximum atomic E-state index is 12.6. The topological polar surface area (TPSA) is 29.1 Å². The van der Waals surface area contributed by atoms with Gasteiger partial charge in [-0.1, -0.05) is 59.3 Å². The molecule has 1 amide bonds. The van der Waals surface area contributed by atoms with Crippen LogP contribution in [-0.4, -0.2) is 20.3 Å². The van der Waals surface area contributed by atoms with E-state index in [1.807, 2.05) is 20.8 Å². The molecule has 2 nitrogen and oxygen atoms in total. The lowest BCUT2D eigenvalue weighted by atomic mass is 10.4. The fraction of sp³-hybridized carbons (Fsp3) is 0.929. The van der Waals surface area contributed by atoms with E-state index in [0.717, 1.165) is 56.7 Å². The molecule has 0 unspecified atom stereocenters. The predicted octanol–water partition coefficient (Wildman–Crippen LogP) is 5.01. The molecule has 0 aromatic heterocycles. The summed E-state index contributed by atoms with van der Waals surface area (Å²) in [5, 5.41) is 0. The first kappa shape index (κ1) is 19.5. The average Bonchev–Trinajstić information content (AvgIpc) is 2.39. The van der Waals surface area contributed by atoms with E-state index < -0.39 is 20.3 Å². The molecular weight excluding hydrogens is 283 g/mol. The molecular formula is C14H28F3NOSi. The van der Waals surface area contributed by atoms with Crippen LogP contribution in [0.1, 0.15) is 59.3 Å². The second-order valence-electron chi connectivity index (χ2n) is 5.54. The molecule has 0 saturated heterocycles. The van der Waals surface area contributed by atoms with Crippen LogP contribution in [0.3, 0.4) is 0 Å². The number of hydrogen-bond acceptors (Lipinski definition) is 1. The minimum Gasteiger partial charge on any atom is -0.374 e. The Morgan fingerprint density at radius 1 is 0.900 bits per heavy atom. The molecule has 0 spiro atoms. The Morgan fingerprint density at radius 3 is 1.50 bits per heavy atom. The summed E-state index contributed by atoms with van der Waals surface area (Å²) in [6.45, 7) is 6.10. The van der Waals surface area contributed by atoms with Crippen LogP contribution in [0, 0.1) is 0 Å². The second kappa shape index (κ2) is 9.42. The number of halogens is 3. The van der Waals surface area contributed by atoms with E-state index in [-0.39, 0.29) is 0 Å². The van der Waals surface area contributed by atoms with Gasteiger partial charge >= 0.3 is 12.1 Å². The minimum absolute atomic E-state index is 0.769. The van der Waals surface area contributed by atoms with Crippen molar-refractivity contribution in [3.05, 3.63) is 0 Å². The van der Waals surface area contributed by atoms with Gasteiger partial charge in [0.1, 0.15) is 0 Å². The van der Waals surface area contributed by atoms with Crippen molar-refractivity contribution in [3.8, 4) is 0 Å². The zero-order chi connectivity index (χ0) is 15.6. The van der Waals surface area contributed by atoms with Gasteiger partial charge in [-0.25, -0.2) is 0 Å². The number of hydrogen-bond donors (Lipinski definition) is 1. The Labute approximate surface area is 121 Å². The van der Waals surface area contributed by atoms with Gasteiger partial charge in [0, 0.05) is 0 Å². The lowest BCUT2D eigenvalue weighted by Gasteiger charge is -2.33. The summed E-state index contributed by atoms with van der Waals surface area (Å²) >= 11 is 0. The van der Waals surface area contributed by atoms with Gasteiger partial charge < -0.3 is 4.98 Å². The van der Waals surface area contributed by atoms with Crippen molar-refractivity contribution < 1.29 is 18.0 Å². The quantitative estimate of drug-likeness (QED) is 0.564. The standard InChI is InChI=1S/C14H28F3NOSi/c1-4-7-10-20(11-8-5-2,12-9-6-3)18-13(19)14(15,16)17/h4-12H2,1-3H3,(H,18,19). The van der Waals surface area contributed by atoms with Gasteiger partial charge in [0.15, 0.2) is 8.24 Å². The normalized spacial score (nSPS) is 12.5. The highest BCUT2D eigenvalue weighted by Crippen LogP contribution is 2.27. The number of carbonyl (C=O) groups is 1. The van der Waals surface area contributed by atoms with Gasteiger partial charge in [0.2, 0.25) is 0 Å². The summed E-state index contributed by atoms with van der Waals surface area (Å²) in [6, 6.07) is 2.31. The van der Waals surface area contributed by atoms with Gasteiger partial charge in [0.05, 0.1) is 0 Å². The molecule has 20 heavy (non-hydrogen) atoms. The van der Waals surface area contributed by atoms with E-state index in [4.69, 9.17) is 0 Å². The summed E-state index contributed by atoms with van der Waals surface area (Å²) in [5.74, 6) is -1.73. The van der Waals surface area contributed by atoms with Crippen LogP contribution < -0.4 is 4.98 Å². The van der Waals surface area contributed by atoms with Crippen molar-refractivity contribution in [2.24, 2.45) is 0 Å². The molecule has 0 saturated carbocycles. The van der Waals surface area contributed by atoms with E-state index in [2.05, 4.69) is 4.98 Å². The summed E-state index contributed by atoms with van der Waals surface area (Å²) < 4.78 is 37.7. The average molecular weight is 311 g/mol. The largest absolute Gasteiger partial charge is 0.470 e. The number of rotatable bonds is 10. The smallest absolute Gasteiger partial charge is 0.374 e. The number of nitrogens with one attached hydrogen (secondary N) is 1. The van der Waals surface area contributed by atoms with Crippen molar-refractivity contribution in [1.82, 2.24) is 4.98 Å². The van der Waals surface area contributed by atoms with Crippen molar-refractivity contribution >= 4 is 14.1 Å². The number of alkyl halides is 3. The maximum Gasteiger partial charge on any atom is 0.470 e. The Bertz CT molecular complexity index is 260. The van der Waals surface area contributed by atoms with E-state index >= 15 is 0 Å². The third kappa shape index (κ3) is 7.31. The van der Waals surface area contributed by atoms with Gasteiger partial charge in [-0.2, -0.15) is 13.2 Å². The second-order valence-corrected chi connectivity index (χ2v) is 9.85. The summed E-state index contributed by atoms with van der Waals surface area (Å²) in [4.78, 5) is 13.8. The Morgan fingerprint density at radius 2 is 1.25 bits per heavy atom. The molecule has 0 bridgehead atoms. The first-order chi connectivity index (χ1) is 9.31. The van der Waals surface area contributed by atoms with Crippen LogP contribution in [0.4, 0.5) is 13.2 Å². The van der Waals surface area contributed by atoms with Gasteiger partial charge in [-0.3, -0.25) is 4.79 Å². The summed E-state index contributed by atoms with van der Waals surface area (Å²) in [6.07, 6.45) is 0.801. The number of carbonyl (C=O) groups excluding carboxylic acids is 1. The molecule has 0 aromatic carbocycles. The van der Waals surface area contributed by atoms with Crippen molar-refractivity contribution in [2.75, 3.05) is 0 Å². The SMILES string of the molecule is CCCC[Si](CCCC)(CCCC)NC(=O)C(F)(F)F. The molecule has 0 aliphatic rings. The third-order valence-electron chi connectivity index (χ3n) is 3.66. The fourth-order valence-corrected chi connectivity index (χ4v) is 7.26. The van der Waals surface area contributed by atoms with E-state index in [9.17, 15) is 18.0 Å². The van der Waals surface area contributed by atoms with Crippen LogP contribution in [-0.2, 0) is 4.79 Å². The number of amides is 1. The zero-order valence-corrected chi connectivity index (χ0v) is 13.9. The first-order valence-corrected chi connectivity index (χ1v) is 10.3. The third-order valence-corrected chi connectivity index (χ3v) is 8.35. The Kier molecular flexibility index (Phi) is 9.17. The Balaban J connectivity index is 4.97. The van der Waals surface area contributed by atoms with Crippen LogP contribution in [0.15, 0.2) is 0 Å². The Hall–Kier alpha value is -0.523. The van der Waals surface area contributed by atoms with Crippen LogP contribution in [0.25, 0.3) is 0 Å². The predicted molar refractivity (Wildman–Crippen MR) is 79.1 cm³/mol. The highest BCUT2D eigenvalue weighted by Gasteiger charge is 2.44. The van der Waals surface area contributed by atoms with Crippen molar-refractivity contribution in [1.29, 1.82) is 0 Å².